The molecule has 2 aromatic carbocycles. The van der Waals surface area contributed by atoms with E-state index in [2.05, 4.69) is 20.8 Å². The Morgan fingerprint density at radius 3 is 2.68 bits per heavy atom. The number of anilines is 2. The molecule has 2 aromatic heterocycles. The Kier molecular flexibility index (Phi) is 5.50. The zero-order chi connectivity index (χ0) is 22.0. The number of benzene rings is 2. The topological polar surface area (TPSA) is 140 Å². The van der Waals surface area contributed by atoms with E-state index in [1.54, 1.807) is 22.8 Å². The highest BCUT2D eigenvalue weighted by Crippen LogP contribution is 2.27. The monoisotopic (exact) mass is 423 g/mol. The summed E-state index contributed by atoms with van der Waals surface area (Å²) < 4.78 is 3.37. The number of hydrogen-bond acceptors (Lipinski definition) is 8. The molecule has 0 amide bonds. The van der Waals surface area contributed by atoms with Gasteiger partial charge in [0.05, 0.1) is 40.4 Å². The molecule has 2 heterocycles. The summed E-state index contributed by atoms with van der Waals surface area (Å²) in [5.41, 5.74) is 1.60. The van der Waals surface area contributed by atoms with Crippen molar-refractivity contribution < 1.29 is 10.0 Å². The maximum atomic E-state index is 12.8. The lowest BCUT2D eigenvalue weighted by Crippen LogP contribution is -2.23. The van der Waals surface area contributed by atoms with Crippen molar-refractivity contribution in [3.63, 3.8) is 0 Å². The summed E-state index contributed by atoms with van der Waals surface area (Å²) in [7, 11) is 0. The first-order valence-corrected chi connectivity index (χ1v) is 9.77. The summed E-state index contributed by atoms with van der Waals surface area (Å²) in [6, 6.07) is 11.6. The van der Waals surface area contributed by atoms with E-state index in [0.29, 0.717) is 47.0 Å². The van der Waals surface area contributed by atoms with Crippen LogP contribution in [-0.4, -0.2) is 42.3 Å². The predicted octanol–water partition coefficient (Wildman–Crippen LogP) is 1.99. The number of aliphatic hydroxyl groups excluding tert-OH is 1. The van der Waals surface area contributed by atoms with Crippen molar-refractivity contribution in [1.29, 1.82) is 0 Å². The van der Waals surface area contributed by atoms with Gasteiger partial charge in [0.1, 0.15) is 0 Å². The Balaban J connectivity index is 1.77. The highest BCUT2D eigenvalue weighted by molar-refractivity contribution is 5.80. The Hall–Kier alpha value is -3.99. The Labute approximate surface area is 176 Å². The van der Waals surface area contributed by atoms with Gasteiger partial charge >= 0.3 is 0 Å². The van der Waals surface area contributed by atoms with E-state index >= 15 is 0 Å². The van der Waals surface area contributed by atoms with Gasteiger partial charge in [0.2, 0.25) is 5.78 Å². The zero-order valence-corrected chi connectivity index (χ0v) is 16.8. The van der Waals surface area contributed by atoms with E-state index in [1.165, 1.54) is 12.1 Å². The van der Waals surface area contributed by atoms with Crippen molar-refractivity contribution in [3.05, 3.63) is 68.8 Å². The van der Waals surface area contributed by atoms with Gasteiger partial charge in [0.25, 0.3) is 11.2 Å². The second-order valence-corrected chi connectivity index (χ2v) is 6.81. The Morgan fingerprint density at radius 1 is 1.13 bits per heavy atom. The molecule has 0 radical (unpaired) electrons. The standard InChI is InChI=1S/C20H21N7O4/c1-2-25-19(29)14-5-3-4-6-17(14)26-18(23-24-20(25)26)12-22-16-11-13(27(30)31)7-8-15(16)21-9-10-28/h3-8,11,21-22,28H,2,9-10,12H2,1H3. The lowest BCUT2D eigenvalue weighted by atomic mass is 10.2. The summed E-state index contributed by atoms with van der Waals surface area (Å²) in [4.78, 5) is 23.5. The van der Waals surface area contributed by atoms with Crippen LogP contribution in [0.3, 0.4) is 0 Å². The minimum absolute atomic E-state index is 0.0616. The highest BCUT2D eigenvalue weighted by atomic mass is 16.6. The highest BCUT2D eigenvalue weighted by Gasteiger charge is 2.16. The average molecular weight is 423 g/mol. The molecule has 0 aliphatic carbocycles. The second-order valence-electron chi connectivity index (χ2n) is 6.81. The number of nitro benzene ring substituents is 1. The molecular weight excluding hydrogens is 402 g/mol. The van der Waals surface area contributed by atoms with Crippen LogP contribution < -0.4 is 16.2 Å². The zero-order valence-electron chi connectivity index (χ0n) is 16.8. The van der Waals surface area contributed by atoms with Crippen LogP contribution in [-0.2, 0) is 13.1 Å². The Morgan fingerprint density at radius 2 is 1.94 bits per heavy atom. The molecule has 0 aliphatic rings. The van der Waals surface area contributed by atoms with Gasteiger partial charge in [-0.1, -0.05) is 12.1 Å². The van der Waals surface area contributed by atoms with Gasteiger partial charge in [-0.05, 0) is 25.1 Å². The number of aryl methyl sites for hydroxylation is 1. The van der Waals surface area contributed by atoms with Gasteiger partial charge < -0.3 is 15.7 Å². The summed E-state index contributed by atoms with van der Waals surface area (Å²) in [5.74, 6) is 0.980. The van der Waals surface area contributed by atoms with Crippen molar-refractivity contribution >= 4 is 33.7 Å². The quantitative estimate of drug-likeness (QED) is 0.289. The first-order chi connectivity index (χ1) is 15.0. The van der Waals surface area contributed by atoms with Gasteiger partial charge in [-0.2, -0.15) is 0 Å². The third-order valence-corrected chi connectivity index (χ3v) is 4.97. The Bertz CT molecular complexity index is 1330. The molecule has 3 N–H and O–H groups in total. The largest absolute Gasteiger partial charge is 0.395 e. The van der Waals surface area contributed by atoms with Crippen LogP contribution in [0.2, 0.25) is 0 Å². The number of non-ortho nitro benzene ring substituents is 1. The molecule has 31 heavy (non-hydrogen) atoms. The molecule has 0 atom stereocenters. The van der Waals surface area contributed by atoms with Gasteiger partial charge in [-0.25, -0.2) is 0 Å². The molecule has 0 saturated heterocycles. The van der Waals surface area contributed by atoms with E-state index in [9.17, 15) is 14.9 Å². The van der Waals surface area contributed by atoms with E-state index in [4.69, 9.17) is 5.11 Å². The summed E-state index contributed by atoms with van der Waals surface area (Å²) in [6.45, 7) is 2.74. The first-order valence-electron chi connectivity index (χ1n) is 9.77. The van der Waals surface area contributed by atoms with Crippen LogP contribution in [0.25, 0.3) is 16.7 Å². The number of aromatic nitrogens is 4. The summed E-state index contributed by atoms with van der Waals surface area (Å²) >= 11 is 0. The van der Waals surface area contributed by atoms with E-state index < -0.39 is 4.92 Å². The van der Waals surface area contributed by atoms with Crippen LogP contribution in [0, 0.1) is 10.1 Å². The molecule has 11 nitrogen and oxygen atoms in total. The molecular formula is C20H21N7O4. The fourth-order valence-electron chi connectivity index (χ4n) is 3.52. The summed E-state index contributed by atoms with van der Waals surface area (Å²) in [6.07, 6.45) is 0. The number of aliphatic hydroxyl groups is 1. The van der Waals surface area contributed by atoms with Crippen molar-refractivity contribution in [1.82, 2.24) is 19.2 Å². The van der Waals surface area contributed by atoms with Gasteiger partial charge in [-0.3, -0.25) is 23.9 Å². The molecule has 0 saturated carbocycles. The number of para-hydroxylation sites is 1. The minimum atomic E-state index is -0.471. The average Bonchev–Trinajstić information content (AvgIpc) is 3.20. The number of nitrogens with zero attached hydrogens (tertiary/aromatic N) is 5. The van der Waals surface area contributed by atoms with Crippen LogP contribution >= 0.6 is 0 Å². The number of fused-ring (bicyclic) bond motifs is 3. The third-order valence-electron chi connectivity index (χ3n) is 4.97. The smallest absolute Gasteiger partial charge is 0.271 e. The predicted molar refractivity (Wildman–Crippen MR) is 116 cm³/mol. The maximum absolute atomic E-state index is 12.8. The van der Waals surface area contributed by atoms with Crippen LogP contribution in [0.5, 0.6) is 0 Å². The van der Waals surface area contributed by atoms with Crippen molar-refractivity contribution in [2.45, 2.75) is 20.0 Å². The molecule has 0 fully saturated rings. The van der Waals surface area contributed by atoms with E-state index in [0.717, 1.165) is 0 Å². The van der Waals surface area contributed by atoms with Gasteiger partial charge in [0.15, 0.2) is 5.82 Å². The van der Waals surface area contributed by atoms with Crippen LogP contribution in [0.15, 0.2) is 47.3 Å². The minimum Gasteiger partial charge on any atom is -0.395 e. The van der Waals surface area contributed by atoms with Crippen LogP contribution in [0.4, 0.5) is 17.1 Å². The van der Waals surface area contributed by atoms with Crippen molar-refractivity contribution in [2.75, 3.05) is 23.8 Å². The molecule has 11 heteroatoms. The molecule has 0 aliphatic heterocycles. The lowest BCUT2D eigenvalue weighted by molar-refractivity contribution is -0.384. The molecule has 0 spiro atoms. The van der Waals surface area contributed by atoms with Crippen LogP contribution in [0.1, 0.15) is 12.7 Å². The third kappa shape index (κ3) is 3.66. The molecule has 0 bridgehead atoms. The first kappa shape index (κ1) is 20.3. The molecule has 0 unspecified atom stereocenters. The van der Waals surface area contributed by atoms with Gasteiger partial charge in [-0.15, -0.1) is 10.2 Å². The molecule has 4 aromatic rings. The number of hydrogen-bond donors (Lipinski definition) is 3. The van der Waals surface area contributed by atoms with Gasteiger partial charge in [0, 0.05) is 25.2 Å². The second kappa shape index (κ2) is 8.40. The van der Waals surface area contributed by atoms with E-state index in [-0.39, 0.29) is 24.4 Å². The number of rotatable bonds is 8. The summed E-state index contributed by atoms with van der Waals surface area (Å²) in [5, 5.41) is 35.5. The molecule has 4 rings (SSSR count). The van der Waals surface area contributed by atoms with Crippen molar-refractivity contribution in [3.8, 4) is 0 Å². The fraction of sp³-hybridized carbons (Fsp3) is 0.250. The number of nitrogens with one attached hydrogen (secondary N) is 2. The lowest BCUT2D eigenvalue weighted by Gasteiger charge is -2.13. The maximum Gasteiger partial charge on any atom is 0.271 e. The SMILES string of the molecule is CCn1c(=O)c2ccccc2n2c(CNc3cc([N+](=O)[O-])ccc3NCCO)nnc12. The normalized spacial score (nSPS) is 11.2. The van der Waals surface area contributed by atoms with Crippen molar-refractivity contribution in [2.24, 2.45) is 0 Å². The molecule has 160 valence electrons. The number of nitro groups is 1. The van der Waals surface area contributed by atoms with E-state index in [1.807, 2.05) is 23.5 Å². The fourth-order valence-corrected chi connectivity index (χ4v) is 3.52.